The molecule has 3 atom stereocenters. The molecule has 3 heterocycles. The Morgan fingerprint density at radius 2 is 2.02 bits per heavy atom. The lowest BCUT2D eigenvalue weighted by Crippen LogP contribution is -2.48. The number of aryl methyl sites for hydroxylation is 1. The SMILES string of the molecule is Cc1[nH]c(/C=C2\C(=O)Nc3ccc(F)cc32)c(C)c1CCC(=O)NC(Cc1ccsc1)C(=O)NCCCCC(CO)CO[P+](=O)OO. The monoisotopic (exact) mass is 689 g/mol. The van der Waals surface area contributed by atoms with Crippen LogP contribution >= 0.6 is 19.6 Å². The molecule has 0 fully saturated rings. The number of aromatic nitrogens is 1. The zero-order valence-corrected chi connectivity index (χ0v) is 27.8. The van der Waals surface area contributed by atoms with Crippen molar-refractivity contribution >= 4 is 54.6 Å². The number of carbonyl (C=O) groups excluding carboxylic acids is 3. The van der Waals surface area contributed by atoms with Crippen LogP contribution in [0.25, 0.3) is 11.6 Å². The Labute approximate surface area is 276 Å². The molecule has 4 rings (SSSR count). The van der Waals surface area contributed by atoms with Crippen molar-refractivity contribution in [3.05, 3.63) is 74.5 Å². The highest BCUT2D eigenvalue weighted by molar-refractivity contribution is 7.33. The number of fused-ring (bicyclic) bond motifs is 1. The molecule has 0 saturated heterocycles. The lowest BCUT2D eigenvalue weighted by molar-refractivity contribution is -0.142. The quantitative estimate of drug-likeness (QED) is 0.0353. The van der Waals surface area contributed by atoms with Gasteiger partial charge in [-0.25, -0.2) is 9.65 Å². The first-order valence-electron chi connectivity index (χ1n) is 15.2. The van der Waals surface area contributed by atoms with Crippen LogP contribution in [0.4, 0.5) is 10.1 Å². The van der Waals surface area contributed by atoms with E-state index in [4.69, 9.17) is 9.78 Å². The Morgan fingerprint density at radius 1 is 1.21 bits per heavy atom. The number of hydrogen-bond acceptors (Lipinski definition) is 9. The Kier molecular flexibility index (Phi) is 13.3. The molecular weight excluding hydrogens is 650 g/mol. The summed E-state index contributed by atoms with van der Waals surface area (Å²) in [6.07, 6.45) is 4.37. The summed E-state index contributed by atoms with van der Waals surface area (Å²) < 4.78 is 33.3. The predicted octanol–water partition coefficient (Wildman–Crippen LogP) is 5.04. The molecule has 15 heteroatoms. The number of aliphatic hydroxyl groups excluding tert-OH is 1. The van der Waals surface area contributed by atoms with Gasteiger partial charge in [0.05, 0.1) is 10.2 Å². The number of aliphatic hydroxyl groups is 1. The van der Waals surface area contributed by atoms with Gasteiger partial charge in [0.15, 0.2) is 0 Å². The van der Waals surface area contributed by atoms with Gasteiger partial charge in [0.25, 0.3) is 5.91 Å². The van der Waals surface area contributed by atoms with Gasteiger partial charge in [-0.3, -0.25) is 14.4 Å². The molecule has 0 saturated carbocycles. The maximum atomic E-state index is 13.9. The largest absolute Gasteiger partial charge is 0.728 e. The van der Waals surface area contributed by atoms with Crippen molar-refractivity contribution in [3.8, 4) is 0 Å². The van der Waals surface area contributed by atoms with Crippen LogP contribution in [-0.4, -0.2) is 58.9 Å². The molecule has 1 aliphatic rings. The molecule has 0 bridgehead atoms. The van der Waals surface area contributed by atoms with Gasteiger partial charge in [0, 0.05) is 59.1 Å². The summed E-state index contributed by atoms with van der Waals surface area (Å²) in [4.78, 5) is 42.1. The number of amides is 3. The van der Waals surface area contributed by atoms with Gasteiger partial charge < -0.3 is 26.0 Å². The van der Waals surface area contributed by atoms with Crippen LogP contribution < -0.4 is 16.0 Å². The number of rotatable bonds is 18. The van der Waals surface area contributed by atoms with Crippen LogP contribution in [0.15, 0.2) is 35.0 Å². The summed E-state index contributed by atoms with van der Waals surface area (Å²) in [5.41, 5.74) is 5.66. The molecule has 0 radical (unpaired) electrons. The molecule has 47 heavy (non-hydrogen) atoms. The highest BCUT2D eigenvalue weighted by atomic mass is 32.1. The van der Waals surface area contributed by atoms with Crippen LogP contribution in [0.2, 0.25) is 0 Å². The van der Waals surface area contributed by atoms with Crippen molar-refractivity contribution in [3.63, 3.8) is 0 Å². The van der Waals surface area contributed by atoms with E-state index in [0.29, 0.717) is 61.2 Å². The molecular formula is C32H39FN4O8PS+. The normalized spacial score (nSPS) is 14.9. The van der Waals surface area contributed by atoms with E-state index in [0.717, 1.165) is 22.4 Å². The highest BCUT2D eigenvalue weighted by Crippen LogP contribution is 2.34. The number of H-pyrrole nitrogens is 1. The van der Waals surface area contributed by atoms with Gasteiger partial charge in [0.2, 0.25) is 11.8 Å². The predicted molar refractivity (Wildman–Crippen MR) is 176 cm³/mol. The molecule has 0 aliphatic carbocycles. The topological polar surface area (TPSA) is 179 Å². The van der Waals surface area contributed by atoms with Gasteiger partial charge in [-0.15, -0.1) is 4.52 Å². The Hall–Kier alpha value is -3.78. The van der Waals surface area contributed by atoms with Gasteiger partial charge in [-0.05, 0) is 90.9 Å². The number of benzene rings is 1. The summed E-state index contributed by atoms with van der Waals surface area (Å²) in [6.45, 7) is 3.91. The molecule has 3 unspecified atom stereocenters. The highest BCUT2D eigenvalue weighted by Gasteiger charge is 2.26. The van der Waals surface area contributed by atoms with Crippen molar-refractivity contribution in [1.82, 2.24) is 15.6 Å². The van der Waals surface area contributed by atoms with E-state index in [1.54, 1.807) is 6.08 Å². The number of aromatic amines is 1. The van der Waals surface area contributed by atoms with E-state index in [-0.39, 0.29) is 43.3 Å². The smallest absolute Gasteiger partial charge is 0.396 e. The molecule has 1 aliphatic heterocycles. The molecule has 12 nitrogen and oxygen atoms in total. The Balaban J connectivity index is 1.32. The maximum absolute atomic E-state index is 13.9. The minimum Gasteiger partial charge on any atom is -0.396 e. The number of thiophene rings is 1. The molecule has 2 aromatic heterocycles. The van der Waals surface area contributed by atoms with Gasteiger partial charge in [-0.1, -0.05) is 6.42 Å². The van der Waals surface area contributed by atoms with Crippen molar-refractivity contribution in [2.45, 2.75) is 58.4 Å². The number of nitrogens with one attached hydrogen (secondary N) is 4. The van der Waals surface area contributed by atoms with E-state index in [1.165, 1.54) is 29.5 Å². The lowest BCUT2D eigenvalue weighted by Gasteiger charge is -2.18. The van der Waals surface area contributed by atoms with Crippen LogP contribution in [0.1, 0.15) is 59.3 Å². The standard InChI is InChI=1S/C32H38FN4O8PS/c1-19-24(20(2)35-28(19)15-26-25-14-23(33)6-8-27(25)37-31(26)40)7-9-30(39)36-29(13-21-10-12-47-18-21)32(41)34-11-4-3-5-22(16-38)17-44-46(43)45-42/h6,8,10,12,14-15,18,22,29,35,38H,3-5,7,9,11,13,16-17H2,1-2H3,(H3-,34,36,37,39,40,41,42)/p+1/b26-15-. The first kappa shape index (κ1) is 36.1. The zero-order valence-electron chi connectivity index (χ0n) is 26.1. The van der Waals surface area contributed by atoms with Crippen molar-refractivity contribution in [2.24, 2.45) is 5.92 Å². The number of unbranched alkanes of at least 4 members (excludes halogenated alkanes) is 1. The summed E-state index contributed by atoms with van der Waals surface area (Å²) in [5.74, 6) is -1.64. The van der Waals surface area contributed by atoms with E-state index in [1.807, 2.05) is 30.7 Å². The second-order valence-corrected chi connectivity index (χ2v) is 13.0. The molecule has 6 N–H and O–H groups in total. The van der Waals surface area contributed by atoms with Crippen LogP contribution in [0.5, 0.6) is 0 Å². The molecule has 252 valence electrons. The Bertz CT molecular complexity index is 1610. The number of halogens is 1. The second-order valence-electron chi connectivity index (χ2n) is 11.4. The summed E-state index contributed by atoms with van der Waals surface area (Å²) in [5, 5.41) is 30.2. The van der Waals surface area contributed by atoms with Gasteiger partial charge in [0.1, 0.15) is 18.5 Å². The summed E-state index contributed by atoms with van der Waals surface area (Å²) >= 11 is 1.50. The molecule has 0 spiro atoms. The average Bonchev–Trinajstić information content (AvgIpc) is 3.74. The number of hydrogen-bond donors (Lipinski definition) is 6. The maximum Gasteiger partial charge on any atom is 0.728 e. The van der Waals surface area contributed by atoms with Gasteiger partial charge in [-0.2, -0.15) is 11.3 Å². The van der Waals surface area contributed by atoms with E-state index in [2.05, 4.69) is 25.6 Å². The fraction of sp³-hybridized carbons (Fsp3) is 0.406. The first-order chi connectivity index (χ1) is 22.6. The Morgan fingerprint density at radius 3 is 2.74 bits per heavy atom. The summed E-state index contributed by atoms with van der Waals surface area (Å²) in [6, 6.07) is 5.28. The minimum atomic E-state index is -2.63. The van der Waals surface area contributed by atoms with Crippen molar-refractivity contribution in [1.29, 1.82) is 0 Å². The van der Waals surface area contributed by atoms with E-state index in [9.17, 15) is 28.4 Å². The third-order valence-electron chi connectivity index (χ3n) is 8.04. The minimum absolute atomic E-state index is 0.0405. The van der Waals surface area contributed by atoms with E-state index < -0.39 is 20.1 Å². The second kappa shape index (κ2) is 17.4. The first-order valence-corrected chi connectivity index (χ1v) is 17.2. The van der Waals surface area contributed by atoms with Gasteiger partial charge >= 0.3 is 8.25 Å². The van der Waals surface area contributed by atoms with Crippen molar-refractivity contribution in [2.75, 3.05) is 25.1 Å². The van der Waals surface area contributed by atoms with Crippen molar-refractivity contribution < 1.29 is 42.9 Å². The van der Waals surface area contributed by atoms with Crippen LogP contribution in [0.3, 0.4) is 0 Å². The number of carbonyl (C=O) groups is 3. The third-order valence-corrected chi connectivity index (χ3v) is 9.26. The molecule has 3 aromatic rings. The fourth-order valence-electron chi connectivity index (χ4n) is 5.45. The lowest BCUT2D eigenvalue weighted by atomic mass is 10.0. The number of anilines is 1. The summed E-state index contributed by atoms with van der Waals surface area (Å²) in [7, 11) is -2.63. The molecule has 3 amide bonds. The molecule has 1 aromatic carbocycles. The van der Waals surface area contributed by atoms with Crippen LogP contribution in [0, 0.1) is 25.6 Å². The average molecular weight is 690 g/mol. The fourth-order valence-corrected chi connectivity index (χ4v) is 6.51. The van der Waals surface area contributed by atoms with E-state index >= 15 is 0 Å². The third kappa shape index (κ3) is 10.1. The zero-order chi connectivity index (χ0) is 33.9. The van der Waals surface area contributed by atoms with Crippen LogP contribution in [-0.2, 0) is 41.0 Å².